The maximum Gasteiger partial charge on any atom is 0.259 e. The smallest absolute Gasteiger partial charge is 0.259 e. The Morgan fingerprint density at radius 2 is 2.00 bits per heavy atom. The van der Waals surface area contributed by atoms with Gasteiger partial charge in [-0.25, -0.2) is 0 Å². The Bertz CT molecular complexity index is 596. The molecule has 2 N–H and O–H groups in total. The van der Waals surface area contributed by atoms with Crippen LogP contribution in [-0.2, 0) is 0 Å². The molecule has 0 fully saturated rings. The van der Waals surface area contributed by atoms with Crippen LogP contribution in [0.1, 0.15) is 15.9 Å². The van der Waals surface area contributed by atoms with Gasteiger partial charge in [0.2, 0.25) is 0 Å². The lowest BCUT2D eigenvalue weighted by Crippen LogP contribution is -2.12. The van der Waals surface area contributed by atoms with E-state index in [9.17, 15) is 9.90 Å². The van der Waals surface area contributed by atoms with E-state index in [4.69, 9.17) is 11.6 Å². The minimum Gasteiger partial charge on any atom is -0.507 e. The molecular weight excluding hydrogens is 250 g/mol. The highest BCUT2D eigenvalue weighted by Crippen LogP contribution is 2.23. The third-order valence-corrected chi connectivity index (χ3v) is 2.72. The second-order valence-electron chi connectivity index (χ2n) is 3.99. The van der Waals surface area contributed by atoms with E-state index in [1.54, 1.807) is 12.1 Å². The van der Waals surface area contributed by atoms with E-state index in [0.717, 1.165) is 5.56 Å². The molecule has 0 atom stereocenters. The van der Waals surface area contributed by atoms with E-state index in [1.807, 2.05) is 25.1 Å². The molecule has 4 heteroatoms. The number of aromatic hydroxyl groups is 1. The Kier molecular flexibility index (Phi) is 3.53. The normalized spacial score (nSPS) is 10.1. The van der Waals surface area contributed by atoms with Crippen molar-refractivity contribution in [1.29, 1.82) is 0 Å². The van der Waals surface area contributed by atoms with Crippen LogP contribution in [0.3, 0.4) is 0 Å². The quantitative estimate of drug-likeness (QED) is 0.868. The van der Waals surface area contributed by atoms with Gasteiger partial charge in [0.15, 0.2) is 0 Å². The van der Waals surface area contributed by atoms with Gasteiger partial charge in [0.05, 0.1) is 5.56 Å². The number of hydrogen-bond donors (Lipinski definition) is 2. The van der Waals surface area contributed by atoms with Crippen LogP contribution in [0.15, 0.2) is 42.5 Å². The second-order valence-corrected chi connectivity index (χ2v) is 4.42. The highest BCUT2D eigenvalue weighted by molar-refractivity contribution is 6.30. The minimum absolute atomic E-state index is 0.132. The zero-order valence-corrected chi connectivity index (χ0v) is 10.5. The van der Waals surface area contributed by atoms with E-state index >= 15 is 0 Å². The molecule has 18 heavy (non-hydrogen) atoms. The molecule has 0 saturated heterocycles. The maximum absolute atomic E-state index is 11.9. The topological polar surface area (TPSA) is 49.3 Å². The molecule has 0 radical (unpaired) electrons. The highest BCUT2D eigenvalue weighted by atomic mass is 35.5. The fourth-order valence-electron chi connectivity index (χ4n) is 1.62. The van der Waals surface area contributed by atoms with E-state index < -0.39 is 0 Å². The van der Waals surface area contributed by atoms with Crippen LogP contribution in [0, 0.1) is 6.92 Å². The minimum atomic E-state index is -0.366. The number of hydrogen-bond acceptors (Lipinski definition) is 2. The number of amides is 1. The molecule has 0 aliphatic rings. The number of phenolic OH excluding ortho intramolecular Hbond substituents is 1. The Morgan fingerprint density at radius 1 is 1.22 bits per heavy atom. The van der Waals surface area contributed by atoms with Crippen molar-refractivity contribution >= 4 is 23.2 Å². The van der Waals surface area contributed by atoms with Crippen LogP contribution in [0.25, 0.3) is 0 Å². The summed E-state index contributed by atoms with van der Waals surface area (Å²) in [5.41, 5.74) is 1.93. The summed E-state index contributed by atoms with van der Waals surface area (Å²) in [5.74, 6) is -0.498. The SMILES string of the molecule is Cc1cccc(NC(=O)c2ccc(Cl)cc2O)c1. The van der Waals surface area contributed by atoms with Gasteiger partial charge in [-0.1, -0.05) is 23.7 Å². The summed E-state index contributed by atoms with van der Waals surface area (Å²) in [6, 6.07) is 11.8. The molecule has 0 saturated carbocycles. The molecule has 2 aromatic rings. The van der Waals surface area contributed by atoms with Crippen LogP contribution in [0.2, 0.25) is 5.02 Å². The van der Waals surface area contributed by atoms with Gasteiger partial charge >= 0.3 is 0 Å². The largest absolute Gasteiger partial charge is 0.507 e. The lowest BCUT2D eigenvalue weighted by Gasteiger charge is -2.07. The van der Waals surface area contributed by atoms with Gasteiger partial charge in [0.1, 0.15) is 5.75 Å². The van der Waals surface area contributed by atoms with E-state index in [-0.39, 0.29) is 17.2 Å². The number of rotatable bonds is 2. The Labute approximate surface area is 110 Å². The van der Waals surface area contributed by atoms with Crippen LogP contribution < -0.4 is 5.32 Å². The Hall–Kier alpha value is -2.00. The third kappa shape index (κ3) is 2.81. The molecule has 2 aromatic carbocycles. The zero-order valence-electron chi connectivity index (χ0n) is 9.77. The number of anilines is 1. The average Bonchev–Trinajstić information content (AvgIpc) is 2.28. The molecular formula is C14H12ClNO2. The van der Waals surface area contributed by atoms with Gasteiger partial charge in [-0.15, -0.1) is 0 Å². The van der Waals surface area contributed by atoms with Gasteiger partial charge in [0, 0.05) is 10.7 Å². The second kappa shape index (κ2) is 5.10. The standard InChI is InChI=1S/C14H12ClNO2/c1-9-3-2-4-11(7-9)16-14(18)12-6-5-10(15)8-13(12)17/h2-8,17H,1H3,(H,16,18). The summed E-state index contributed by atoms with van der Waals surface area (Å²) in [6.45, 7) is 1.94. The first-order valence-electron chi connectivity index (χ1n) is 5.43. The van der Waals surface area contributed by atoms with Crippen molar-refractivity contribution in [3.05, 3.63) is 58.6 Å². The fraction of sp³-hybridized carbons (Fsp3) is 0.0714. The lowest BCUT2D eigenvalue weighted by atomic mass is 10.1. The number of aryl methyl sites for hydroxylation is 1. The number of halogens is 1. The lowest BCUT2D eigenvalue weighted by molar-refractivity contribution is 0.102. The van der Waals surface area contributed by atoms with Crippen LogP contribution in [0.5, 0.6) is 5.75 Å². The van der Waals surface area contributed by atoms with E-state index in [1.165, 1.54) is 12.1 Å². The summed E-state index contributed by atoms with van der Waals surface area (Å²) in [4.78, 5) is 11.9. The van der Waals surface area contributed by atoms with Gasteiger partial charge in [-0.05, 0) is 42.8 Å². The van der Waals surface area contributed by atoms with Crippen molar-refractivity contribution < 1.29 is 9.90 Å². The first kappa shape index (κ1) is 12.5. The van der Waals surface area contributed by atoms with Crippen LogP contribution >= 0.6 is 11.6 Å². The van der Waals surface area contributed by atoms with Crippen molar-refractivity contribution in [2.75, 3.05) is 5.32 Å². The first-order valence-corrected chi connectivity index (χ1v) is 5.80. The fourth-order valence-corrected chi connectivity index (χ4v) is 1.78. The van der Waals surface area contributed by atoms with Crippen molar-refractivity contribution in [1.82, 2.24) is 0 Å². The molecule has 1 amide bonds. The number of benzene rings is 2. The molecule has 0 aromatic heterocycles. The summed E-state index contributed by atoms with van der Waals surface area (Å²) in [5, 5.41) is 12.8. The molecule has 0 aliphatic carbocycles. The number of nitrogens with one attached hydrogen (secondary N) is 1. The monoisotopic (exact) mass is 261 g/mol. The van der Waals surface area contributed by atoms with E-state index in [0.29, 0.717) is 10.7 Å². The summed E-state index contributed by atoms with van der Waals surface area (Å²) in [6.07, 6.45) is 0. The summed E-state index contributed by atoms with van der Waals surface area (Å²) < 4.78 is 0. The first-order chi connectivity index (χ1) is 8.56. The molecule has 3 nitrogen and oxygen atoms in total. The maximum atomic E-state index is 11.9. The molecule has 0 unspecified atom stereocenters. The van der Waals surface area contributed by atoms with Crippen molar-refractivity contribution in [2.24, 2.45) is 0 Å². The average molecular weight is 262 g/mol. The molecule has 2 rings (SSSR count). The molecule has 0 bridgehead atoms. The van der Waals surface area contributed by atoms with Crippen molar-refractivity contribution in [3.63, 3.8) is 0 Å². The number of carbonyl (C=O) groups excluding carboxylic acids is 1. The van der Waals surface area contributed by atoms with Gasteiger partial charge in [0.25, 0.3) is 5.91 Å². The molecule has 92 valence electrons. The summed E-state index contributed by atoms with van der Waals surface area (Å²) in [7, 11) is 0. The molecule has 0 spiro atoms. The molecule has 0 aliphatic heterocycles. The van der Waals surface area contributed by atoms with Gasteiger partial charge < -0.3 is 10.4 Å². The zero-order chi connectivity index (χ0) is 13.1. The highest BCUT2D eigenvalue weighted by Gasteiger charge is 2.11. The van der Waals surface area contributed by atoms with E-state index in [2.05, 4.69) is 5.32 Å². The van der Waals surface area contributed by atoms with Crippen LogP contribution in [0.4, 0.5) is 5.69 Å². The number of phenols is 1. The Balaban J connectivity index is 2.22. The van der Waals surface area contributed by atoms with Crippen molar-refractivity contribution in [2.45, 2.75) is 6.92 Å². The third-order valence-electron chi connectivity index (χ3n) is 2.48. The summed E-state index contributed by atoms with van der Waals surface area (Å²) >= 11 is 5.71. The predicted octanol–water partition coefficient (Wildman–Crippen LogP) is 3.61. The number of carbonyl (C=O) groups is 1. The van der Waals surface area contributed by atoms with Crippen LogP contribution in [-0.4, -0.2) is 11.0 Å². The predicted molar refractivity (Wildman–Crippen MR) is 72.2 cm³/mol. The molecule has 0 heterocycles. The van der Waals surface area contributed by atoms with Crippen molar-refractivity contribution in [3.8, 4) is 5.75 Å². The Morgan fingerprint density at radius 3 is 2.67 bits per heavy atom. The van der Waals surface area contributed by atoms with Gasteiger partial charge in [-0.3, -0.25) is 4.79 Å². The van der Waals surface area contributed by atoms with Gasteiger partial charge in [-0.2, -0.15) is 0 Å².